The number of hydrogen-bond donors (Lipinski definition) is 0. The molecule has 6 aromatic carbocycles. The van der Waals surface area contributed by atoms with Gasteiger partial charge in [-0.15, -0.1) is 0 Å². The summed E-state index contributed by atoms with van der Waals surface area (Å²) in [6.45, 7) is 17.8. The minimum absolute atomic E-state index is 0.0139. The maximum absolute atomic E-state index is 6.93. The van der Waals surface area contributed by atoms with Gasteiger partial charge in [0, 0.05) is 29.2 Å². The predicted octanol–water partition coefficient (Wildman–Crippen LogP) is 13.4. The van der Waals surface area contributed by atoms with Gasteiger partial charge in [-0.1, -0.05) is 120 Å². The van der Waals surface area contributed by atoms with Crippen LogP contribution in [-0.4, -0.2) is 14.1 Å². The Hall–Kier alpha value is -6.72. The number of benzene rings is 6. The van der Waals surface area contributed by atoms with Crippen LogP contribution >= 0.6 is 0 Å². The summed E-state index contributed by atoms with van der Waals surface area (Å²) in [7, 11) is 0. The van der Waals surface area contributed by atoms with Crippen LogP contribution in [0, 0.1) is 20.2 Å². The first-order valence-electron chi connectivity index (χ1n) is 20.4. The molecule has 0 fully saturated rings. The number of imidazole rings is 1. The largest absolute Gasteiger partial charge is 0.458 e. The van der Waals surface area contributed by atoms with E-state index in [0.29, 0.717) is 0 Å². The van der Waals surface area contributed by atoms with Crippen molar-refractivity contribution in [3.05, 3.63) is 187 Å². The first-order chi connectivity index (χ1) is 28.3. The molecule has 0 aliphatic heterocycles. The van der Waals surface area contributed by atoms with Crippen molar-refractivity contribution < 1.29 is 9.30 Å². The average molecular weight is 771 g/mol. The molecule has 0 radical (unpaired) electrons. The number of aromatic nitrogens is 4. The predicted molar refractivity (Wildman–Crippen MR) is 243 cm³/mol. The monoisotopic (exact) mass is 770 g/mol. The average Bonchev–Trinajstić information content (AvgIpc) is 3.82. The van der Waals surface area contributed by atoms with Crippen molar-refractivity contribution in [3.8, 4) is 50.9 Å². The highest BCUT2D eigenvalue weighted by atomic mass is 16.5. The van der Waals surface area contributed by atoms with E-state index < -0.39 is 0 Å². The van der Waals surface area contributed by atoms with E-state index in [1.807, 2.05) is 6.20 Å². The van der Waals surface area contributed by atoms with Crippen LogP contribution in [-0.2, 0) is 10.8 Å². The van der Waals surface area contributed by atoms with Gasteiger partial charge in [0.2, 0.25) is 0 Å². The van der Waals surface area contributed by atoms with Gasteiger partial charge in [0.05, 0.1) is 28.1 Å². The van der Waals surface area contributed by atoms with Gasteiger partial charge in [-0.2, -0.15) is 0 Å². The van der Waals surface area contributed by atoms with Gasteiger partial charge in [0.1, 0.15) is 17.3 Å². The van der Waals surface area contributed by atoms with Crippen molar-refractivity contribution in [1.82, 2.24) is 14.1 Å². The summed E-state index contributed by atoms with van der Waals surface area (Å²) in [5.41, 5.74) is 13.5. The van der Waals surface area contributed by atoms with Crippen LogP contribution in [0.15, 0.2) is 158 Å². The lowest BCUT2D eigenvalue weighted by atomic mass is 9.88. The van der Waals surface area contributed by atoms with Crippen molar-refractivity contribution in [1.29, 1.82) is 0 Å². The smallest absolute Gasteiger partial charge is 0.269 e. The Balaban J connectivity index is 1.17. The van der Waals surface area contributed by atoms with Crippen LogP contribution in [0.4, 0.5) is 0 Å². The molecule has 9 rings (SSSR count). The SMILES string of the molecule is Cc1cccc(C)c1-c1cc(Oc2ccc3c4ccccc4n(-c4cc(C(C)(C)C)ccn4)c3c2)cc(-n2[c-][n+](-c3ccc(-c4ccccc4)cc3)c(C(C)(C)C)c2)c1. The highest BCUT2D eigenvalue weighted by Crippen LogP contribution is 2.38. The molecule has 0 saturated heterocycles. The molecule has 9 aromatic rings. The number of aryl methyl sites for hydroxylation is 2. The van der Waals surface area contributed by atoms with Crippen LogP contribution in [0.3, 0.4) is 0 Å². The zero-order chi connectivity index (χ0) is 41.1. The summed E-state index contributed by atoms with van der Waals surface area (Å²) in [5.74, 6) is 2.38. The minimum atomic E-state index is -0.154. The Kier molecular flexibility index (Phi) is 9.35. The number of fused-ring (bicyclic) bond motifs is 3. The Bertz CT molecular complexity index is 2970. The molecule has 0 unspecified atom stereocenters. The molecular formula is C54H50N4O. The lowest BCUT2D eigenvalue weighted by Gasteiger charge is -2.20. The third-order valence-corrected chi connectivity index (χ3v) is 11.4. The third kappa shape index (κ3) is 7.23. The van der Waals surface area contributed by atoms with E-state index in [-0.39, 0.29) is 10.8 Å². The van der Waals surface area contributed by atoms with Crippen LogP contribution in [0.2, 0.25) is 0 Å². The Morgan fingerprint density at radius 1 is 0.576 bits per heavy atom. The van der Waals surface area contributed by atoms with E-state index in [1.54, 1.807) is 0 Å². The van der Waals surface area contributed by atoms with Crippen LogP contribution in [0.1, 0.15) is 63.9 Å². The molecule has 59 heavy (non-hydrogen) atoms. The van der Waals surface area contributed by atoms with Crippen LogP contribution < -0.4 is 9.30 Å². The number of hydrogen-bond acceptors (Lipinski definition) is 2. The molecule has 0 aliphatic carbocycles. The van der Waals surface area contributed by atoms with Crippen molar-refractivity contribution >= 4 is 21.8 Å². The molecule has 0 aliphatic rings. The Morgan fingerprint density at radius 3 is 2.00 bits per heavy atom. The zero-order valence-electron chi connectivity index (χ0n) is 35.2. The zero-order valence-corrected chi connectivity index (χ0v) is 35.2. The molecular weight excluding hydrogens is 721 g/mol. The van der Waals surface area contributed by atoms with Crippen LogP contribution in [0.25, 0.3) is 61.3 Å². The summed E-state index contributed by atoms with van der Waals surface area (Å²) in [5, 5.41) is 2.33. The number of rotatable bonds is 7. The fourth-order valence-corrected chi connectivity index (χ4v) is 8.26. The summed E-state index contributed by atoms with van der Waals surface area (Å²) < 4.78 is 13.5. The van der Waals surface area contributed by atoms with Gasteiger partial charge in [0.25, 0.3) is 6.33 Å². The molecule has 0 bridgehead atoms. The second-order valence-corrected chi connectivity index (χ2v) is 17.8. The fourth-order valence-electron chi connectivity index (χ4n) is 8.26. The van der Waals surface area contributed by atoms with E-state index in [2.05, 4.69) is 227 Å². The number of pyridine rings is 1. The van der Waals surface area contributed by atoms with E-state index in [0.717, 1.165) is 56.4 Å². The van der Waals surface area contributed by atoms with Gasteiger partial charge in [-0.25, -0.2) is 4.98 Å². The first-order valence-corrected chi connectivity index (χ1v) is 20.4. The highest BCUT2D eigenvalue weighted by molar-refractivity contribution is 6.09. The van der Waals surface area contributed by atoms with E-state index in [4.69, 9.17) is 9.72 Å². The number of para-hydroxylation sites is 1. The number of ether oxygens (including phenoxy) is 1. The van der Waals surface area contributed by atoms with E-state index >= 15 is 0 Å². The fraction of sp³-hybridized carbons (Fsp3) is 0.185. The first kappa shape index (κ1) is 37.8. The molecule has 5 nitrogen and oxygen atoms in total. The molecule has 0 N–H and O–H groups in total. The maximum atomic E-state index is 6.93. The van der Waals surface area contributed by atoms with Gasteiger partial charge in [-0.05, 0) is 124 Å². The molecule has 0 spiro atoms. The second kappa shape index (κ2) is 14.6. The van der Waals surface area contributed by atoms with Gasteiger partial charge >= 0.3 is 0 Å². The third-order valence-electron chi connectivity index (χ3n) is 11.4. The van der Waals surface area contributed by atoms with Crippen molar-refractivity contribution in [2.45, 2.75) is 66.2 Å². The summed E-state index contributed by atoms with van der Waals surface area (Å²) in [4.78, 5) is 4.90. The second-order valence-electron chi connectivity index (χ2n) is 17.8. The highest BCUT2D eigenvalue weighted by Gasteiger charge is 2.23. The molecule has 0 saturated carbocycles. The van der Waals surface area contributed by atoms with Gasteiger partial charge in [0.15, 0.2) is 0 Å². The van der Waals surface area contributed by atoms with Gasteiger partial charge < -0.3 is 4.74 Å². The Morgan fingerprint density at radius 2 is 1.27 bits per heavy atom. The van der Waals surface area contributed by atoms with Crippen molar-refractivity contribution in [2.24, 2.45) is 0 Å². The van der Waals surface area contributed by atoms with E-state index in [1.165, 1.54) is 38.8 Å². The Labute approximate surface area is 347 Å². The summed E-state index contributed by atoms with van der Waals surface area (Å²) in [6.07, 6.45) is 7.86. The molecule has 0 atom stereocenters. The number of nitrogens with zero attached hydrogens (tertiary/aromatic N) is 4. The molecule has 0 amide bonds. The summed E-state index contributed by atoms with van der Waals surface area (Å²) >= 11 is 0. The van der Waals surface area contributed by atoms with Crippen molar-refractivity contribution in [2.75, 3.05) is 0 Å². The standard InChI is InChI=1S/C54H50N4O/c1-36-15-14-16-37(2)52(36)40-29-43(56-34-50(54(6,7)8)57(35-56)42-23-21-39(22-24-42)38-17-10-9-11-18-38)32-45(30-40)59-44-25-26-47-46-19-12-13-20-48(46)58(49(47)33-44)51-31-41(27-28-55-51)53(3,4)5/h9-34H,1-8H3. The molecule has 3 aromatic heterocycles. The molecule has 292 valence electrons. The topological polar surface area (TPSA) is 35.9 Å². The summed E-state index contributed by atoms with van der Waals surface area (Å²) in [6, 6.07) is 51.6. The molecule has 3 heterocycles. The maximum Gasteiger partial charge on any atom is 0.269 e. The van der Waals surface area contributed by atoms with Crippen molar-refractivity contribution in [3.63, 3.8) is 0 Å². The minimum Gasteiger partial charge on any atom is -0.458 e. The molecule has 5 heteroatoms. The van der Waals surface area contributed by atoms with E-state index in [9.17, 15) is 0 Å². The lowest BCUT2D eigenvalue weighted by molar-refractivity contribution is -0.611. The quantitative estimate of drug-likeness (QED) is 0.120. The van der Waals surface area contributed by atoms with Gasteiger partial charge in [-0.3, -0.25) is 13.7 Å². The normalized spacial score (nSPS) is 12.1. The van der Waals surface area contributed by atoms with Crippen LogP contribution in [0.5, 0.6) is 11.5 Å². The lowest BCUT2D eigenvalue weighted by Crippen LogP contribution is -2.38.